The molecule has 0 aliphatic rings. The summed E-state index contributed by atoms with van der Waals surface area (Å²) in [6.45, 7) is 5.03. The molecule has 0 amide bonds. The van der Waals surface area contributed by atoms with Crippen molar-refractivity contribution in [3.8, 4) is 5.75 Å². The molecule has 2 N–H and O–H groups in total. The van der Waals surface area contributed by atoms with Gasteiger partial charge in [0.1, 0.15) is 5.75 Å². The molecule has 4 nitrogen and oxygen atoms in total. The van der Waals surface area contributed by atoms with Crippen molar-refractivity contribution >= 4 is 0 Å². The second-order valence-corrected chi connectivity index (χ2v) is 5.07. The van der Waals surface area contributed by atoms with Crippen molar-refractivity contribution in [2.45, 2.75) is 32.9 Å². The third-order valence-electron chi connectivity index (χ3n) is 3.23. The van der Waals surface area contributed by atoms with Crippen LogP contribution in [-0.2, 0) is 20.0 Å². The summed E-state index contributed by atoms with van der Waals surface area (Å²) in [6.07, 6.45) is 3.00. The van der Waals surface area contributed by atoms with E-state index >= 15 is 0 Å². The highest BCUT2D eigenvalue weighted by Gasteiger charge is 2.06. The van der Waals surface area contributed by atoms with E-state index in [1.54, 1.807) is 12.1 Å². The van der Waals surface area contributed by atoms with Crippen LogP contribution >= 0.6 is 0 Å². The zero-order chi connectivity index (χ0) is 13.8. The number of benzene rings is 1. The van der Waals surface area contributed by atoms with Crippen molar-refractivity contribution in [2.75, 3.05) is 0 Å². The number of nitrogens with zero attached hydrogens (tertiary/aromatic N) is 2. The summed E-state index contributed by atoms with van der Waals surface area (Å²) >= 11 is 0. The number of aromatic hydroxyl groups is 1. The number of hydrogen-bond acceptors (Lipinski definition) is 3. The molecule has 1 unspecified atom stereocenters. The van der Waals surface area contributed by atoms with Gasteiger partial charge in [-0.25, -0.2) is 0 Å². The summed E-state index contributed by atoms with van der Waals surface area (Å²) in [4.78, 5) is 0. The van der Waals surface area contributed by atoms with E-state index in [4.69, 9.17) is 0 Å². The molecule has 2 rings (SSSR count). The van der Waals surface area contributed by atoms with E-state index in [0.717, 1.165) is 18.7 Å². The smallest absolute Gasteiger partial charge is 0.115 e. The normalized spacial score (nSPS) is 12.6. The number of phenols is 1. The Kier molecular flexibility index (Phi) is 4.22. The van der Waals surface area contributed by atoms with Crippen molar-refractivity contribution in [1.82, 2.24) is 15.1 Å². The maximum atomic E-state index is 9.25. The monoisotopic (exact) mass is 259 g/mol. The number of phenolic OH excluding ortho intramolecular Hbond substituents is 1. The molecular weight excluding hydrogens is 238 g/mol. The van der Waals surface area contributed by atoms with Gasteiger partial charge in [0.05, 0.1) is 5.69 Å². The van der Waals surface area contributed by atoms with Gasteiger partial charge in [-0.3, -0.25) is 4.68 Å². The fourth-order valence-corrected chi connectivity index (χ4v) is 2.16. The van der Waals surface area contributed by atoms with Gasteiger partial charge in [0.2, 0.25) is 0 Å². The van der Waals surface area contributed by atoms with Crippen molar-refractivity contribution in [2.24, 2.45) is 7.05 Å². The van der Waals surface area contributed by atoms with Crippen molar-refractivity contribution in [1.29, 1.82) is 0 Å². The van der Waals surface area contributed by atoms with Gasteiger partial charge < -0.3 is 10.4 Å². The third kappa shape index (κ3) is 3.83. The summed E-state index contributed by atoms with van der Waals surface area (Å²) < 4.78 is 1.84. The van der Waals surface area contributed by atoms with Crippen molar-refractivity contribution < 1.29 is 5.11 Å². The predicted octanol–water partition coefficient (Wildman–Crippen LogP) is 2.15. The van der Waals surface area contributed by atoms with Gasteiger partial charge >= 0.3 is 0 Å². The van der Waals surface area contributed by atoms with Gasteiger partial charge in [-0.15, -0.1) is 0 Å². The molecule has 2 aromatic rings. The SMILES string of the molecule is Cc1nn(C)cc1CNC(C)Cc1ccc(O)cc1. The van der Waals surface area contributed by atoms with Crippen LogP contribution in [0.3, 0.4) is 0 Å². The maximum Gasteiger partial charge on any atom is 0.115 e. The van der Waals surface area contributed by atoms with Crippen LogP contribution in [0, 0.1) is 6.92 Å². The lowest BCUT2D eigenvalue weighted by Gasteiger charge is -2.13. The molecule has 0 aliphatic carbocycles. The van der Waals surface area contributed by atoms with Gasteiger partial charge in [-0.1, -0.05) is 12.1 Å². The Bertz CT molecular complexity index is 531. The molecule has 0 fully saturated rings. The Hall–Kier alpha value is -1.81. The fraction of sp³-hybridized carbons (Fsp3) is 0.400. The minimum Gasteiger partial charge on any atom is -0.508 e. The first-order chi connectivity index (χ1) is 9.04. The molecule has 0 aliphatic heterocycles. The number of aromatic nitrogens is 2. The lowest BCUT2D eigenvalue weighted by atomic mass is 10.1. The molecule has 0 radical (unpaired) electrons. The molecule has 19 heavy (non-hydrogen) atoms. The Morgan fingerprint density at radius 2 is 2.00 bits per heavy atom. The van der Waals surface area contributed by atoms with E-state index in [1.807, 2.05) is 30.8 Å². The van der Waals surface area contributed by atoms with Gasteiger partial charge in [-0.05, 0) is 38.0 Å². The van der Waals surface area contributed by atoms with Crippen LogP contribution < -0.4 is 5.32 Å². The molecule has 1 atom stereocenters. The first-order valence-electron chi connectivity index (χ1n) is 6.55. The number of nitrogens with one attached hydrogen (secondary N) is 1. The van der Waals surface area contributed by atoms with Crippen LogP contribution in [0.4, 0.5) is 0 Å². The highest BCUT2D eigenvalue weighted by molar-refractivity contribution is 5.26. The Labute approximate surface area is 114 Å². The average Bonchev–Trinajstić information content (AvgIpc) is 2.68. The van der Waals surface area contributed by atoms with Gasteiger partial charge in [0.15, 0.2) is 0 Å². The molecule has 0 saturated carbocycles. The first-order valence-corrected chi connectivity index (χ1v) is 6.55. The molecule has 0 spiro atoms. The topological polar surface area (TPSA) is 50.1 Å². The van der Waals surface area contributed by atoms with E-state index in [-0.39, 0.29) is 0 Å². The summed E-state index contributed by atoms with van der Waals surface area (Å²) in [5, 5.41) is 17.1. The highest BCUT2D eigenvalue weighted by atomic mass is 16.3. The minimum absolute atomic E-state index is 0.315. The zero-order valence-electron chi connectivity index (χ0n) is 11.7. The molecule has 1 aromatic heterocycles. The number of hydrogen-bond donors (Lipinski definition) is 2. The third-order valence-corrected chi connectivity index (χ3v) is 3.23. The van der Waals surface area contributed by atoms with Gasteiger partial charge in [0, 0.05) is 31.4 Å². The van der Waals surface area contributed by atoms with E-state index in [2.05, 4.69) is 23.5 Å². The fourth-order valence-electron chi connectivity index (χ4n) is 2.16. The molecule has 1 aromatic carbocycles. The van der Waals surface area contributed by atoms with E-state index in [9.17, 15) is 5.11 Å². The van der Waals surface area contributed by atoms with E-state index in [0.29, 0.717) is 11.8 Å². The Morgan fingerprint density at radius 1 is 1.32 bits per heavy atom. The molecule has 0 bridgehead atoms. The lowest BCUT2D eigenvalue weighted by Crippen LogP contribution is -2.27. The molecule has 1 heterocycles. The summed E-state index contributed by atoms with van der Waals surface area (Å²) in [6, 6.07) is 7.76. The predicted molar refractivity (Wildman–Crippen MR) is 76.1 cm³/mol. The summed E-state index contributed by atoms with van der Waals surface area (Å²) in [5.41, 5.74) is 3.53. The number of rotatable bonds is 5. The molecule has 102 valence electrons. The summed E-state index contributed by atoms with van der Waals surface area (Å²) in [5.74, 6) is 0.315. The maximum absolute atomic E-state index is 9.25. The van der Waals surface area contributed by atoms with Gasteiger partial charge in [0.25, 0.3) is 0 Å². The van der Waals surface area contributed by atoms with Crippen LogP contribution in [-0.4, -0.2) is 20.9 Å². The second kappa shape index (κ2) is 5.89. The molecular formula is C15H21N3O. The van der Waals surface area contributed by atoms with Crippen LogP contribution in [0.25, 0.3) is 0 Å². The van der Waals surface area contributed by atoms with Crippen LogP contribution in [0.5, 0.6) is 5.75 Å². The van der Waals surface area contributed by atoms with E-state index < -0.39 is 0 Å². The number of aryl methyl sites for hydroxylation is 2. The van der Waals surface area contributed by atoms with Crippen LogP contribution in [0.2, 0.25) is 0 Å². The quantitative estimate of drug-likeness (QED) is 0.865. The molecule has 4 heteroatoms. The minimum atomic E-state index is 0.315. The van der Waals surface area contributed by atoms with E-state index in [1.165, 1.54) is 11.1 Å². The average molecular weight is 259 g/mol. The summed E-state index contributed by atoms with van der Waals surface area (Å²) in [7, 11) is 1.94. The first kappa shape index (κ1) is 13.6. The van der Waals surface area contributed by atoms with Gasteiger partial charge in [-0.2, -0.15) is 5.10 Å². The lowest BCUT2D eigenvalue weighted by molar-refractivity contribution is 0.474. The second-order valence-electron chi connectivity index (χ2n) is 5.07. The molecule has 0 saturated heterocycles. The standard InChI is InChI=1S/C15H21N3O/c1-11(8-13-4-6-15(19)7-5-13)16-9-14-10-18(3)17-12(14)2/h4-7,10-11,16,19H,8-9H2,1-3H3. The van der Waals surface area contributed by atoms with Crippen molar-refractivity contribution in [3.05, 3.63) is 47.3 Å². The largest absolute Gasteiger partial charge is 0.508 e. The van der Waals surface area contributed by atoms with Crippen LogP contribution in [0.1, 0.15) is 23.7 Å². The Morgan fingerprint density at radius 3 is 2.58 bits per heavy atom. The zero-order valence-corrected chi connectivity index (χ0v) is 11.7. The van der Waals surface area contributed by atoms with Crippen LogP contribution in [0.15, 0.2) is 30.5 Å². The highest BCUT2D eigenvalue weighted by Crippen LogP contribution is 2.11. The Balaban J connectivity index is 1.86. The van der Waals surface area contributed by atoms with Crippen molar-refractivity contribution in [3.63, 3.8) is 0 Å².